The van der Waals surface area contributed by atoms with Crippen LogP contribution in [0.5, 0.6) is 0 Å². The number of allylic oxidation sites excluding steroid dienone is 1. The summed E-state index contributed by atoms with van der Waals surface area (Å²) in [7, 11) is 1.24. The summed E-state index contributed by atoms with van der Waals surface area (Å²) in [6.45, 7) is 8.81. The number of ether oxygens (including phenoxy) is 2. The predicted octanol–water partition coefficient (Wildman–Crippen LogP) is 1.67. The van der Waals surface area contributed by atoms with Crippen LogP contribution in [-0.4, -0.2) is 62.6 Å². The lowest BCUT2D eigenvalue weighted by Crippen LogP contribution is -2.32. The van der Waals surface area contributed by atoms with E-state index in [9.17, 15) is 14.4 Å². The van der Waals surface area contributed by atoms with E-state index in [1.165, 1.54) is 12.5 Å². The summed E-state index contributed by atoms with van der Waals surface area (Å²) in [4.78, 5) is 42.0. The van der Waals surface area contributed by atoms with Crippen molar-refractivity contribution in [1.82, 2.24) is 10.6 Å². The molecule has 0 radical (unpaired) electrons. The van der Waals surface area contributed by atoms with Crippen molar-refractivity contribution in [3.05, 3.63) is 11.1 Å². The summed E-state index contributed by atoms with van der Waals surface area (Å²) in [5, 5.41) is 10.0. The maximum absolute atomic E-state index is 11.5. The Morgan fingerprint density at radius 3 is 2.46 bits per heavy atom. The van der Waals surface area contributed by atoms with Gasteiger partial charge in [-0.2, -0.15) is 0 Å². The van der Waals surface area contributed by atoms with Crippen molar-refractivity contribution in [1.29, 1.82) is 0 Å². The van der Waals surface area contributed by atoms with E-state index >= 15 is 0 Å². The van der Waals surface area contributed by atoms with Crippen LogP contribution < -0.4 is 10.6 Å². The second-order valence-electron chi connectivity index (χ2n) is 5.50. The number of hydrogen-bond acceptors (Lipinski definition) is 9. The second kappa shape index (κ2) is 12.8. The van der Waals surface area contributed by atoms with E-state index in [2.05, 4.69) is 32.2 Å². The molecule has 11 heteroatoms. The molecule has 0 rings (SSSR count). The minimum atomic E-state index is -0.601. The summed E-state index contributed by atoms with van der Waals surface area (Å²) in [6, 6.07) is 0. The molecule has 0 aliphatic rings. The zero-order valence-electron chi connectivity index (χ0n) is 15.2. The first-order chi connectivity index (χ1) is 12.2. The third-order valence-electron chi connectivity index (χ3n) is 2.25. The van der Waals surface area contributed by atoms with Crippen LogP contribution in [0.2, 0.25) is 0 Å². The normalized spacial score (nSPS) is 12.0. The molecule has 0 saturated heterocycles. The molecule has 2 amide bonds. The predicted molar refractivity (Wildman–Crippen MR) is 99.3 cm³/mol. The van der Waals surface area contributed by atoms with Gasteiger partial charge >= 0.3 is 12.2 Å². The van der Waals surface area contributed by atoms with Gasteiger partial charge in [-0.1, -0.05) is 5.16 Å². The van der Waals surface area contributed by atoms with Gasteiger partial charge in [0.05, 0.1) is 19.5 Å². The zero-order chi connectivity index (χ0) is 20.0. The highest BCUT2D eigenvalue weighted by Gasteiger charge is 2.15. The van der Waals surface area contributed by atoms with Gasteiger partial charge in [0.2, 0.25) is 0 Å². The average molecular weight is 388 g/mol. The molecule has 0 aromatic heterocycles. The van der Waals surface area contributed by atoms with Crippen molar-refractivity contribution in [2.75, 3.05) is 26.1 Å². The van der Waals surface area contributed by atoms with Crippen LogP contribution in [0.4, 0.5) is 9.59 Å². The highest BCUT2D eigenvalue weighted by Crippen LogP contribution is 2.10. The number of aliphatic imine (C=N–C) groups is 1. The number of nitrogens with zero attached hydrogens (tertiary/aromatic N) is 2. The van der Waals surface area contributed by atoms with E-state index in [1.54, 1.807) is 20.8 Å². The topological polar surface area (TPSA) is 128 Å². The lowest BCUT2D eigenvalue weighted by atomic mass is 10.2. The molecule has 2 N–H and O–H groups in total. The fourth-order valence-electron chi connectivity index (χ4n) is 1.23. The molecule has 0 aromatic rings. The van der Waals surface area contributed by atoms with Crippen LogP contribution in [0.25, 0.3) is 0 Å². The van der Waals surface area contributed by atoms with Gasteiger partial charge < -0.3 is 24.9 Å². The third-order valence-corrected chi connectivity index (χ3v) is 2.95. The molecule has 0 spiro atoms. The third kappa shape index (κ3) is 11.9. The van der Waals surface area contributed by atoms with Gasteiger partial charge in [0.15, 0.2) is 12.0 Å². The van der Waals surface area contributed by atoms with E-state index in [0.29, 0.717) is 6.29 Å². The summed E-state index contributed by atoms with van der Waals surface area (Å²) >= 11 is 1.16. The first kappa shape index (κ1) is 23.4. The highest BCUT2D eigenvalue weighted by atomic mass is 32.2. The van der Waals surface area contributed by atoms with Crippen molar-refractivity contribution >= 4 is 42.7 Å². The Hall–Kier alpha value is -2.56. The Balaban J connectivity index is 4.42. The van der Waals surface area contributed by atoms with Crippen molar-refractivity contribution in [2.45, 2.75) is 26.4 Å². The molecule has 0 aromatic carbocycles. The van der Waals surface area contributed by atoms with Crippen molar-refractivity contribution in [3.8, 4) is 0 Å². The second-order valence-corrected chi connectivity index (χ2v) is 6.35. The molecule has 26 heavy (non-hydrogen) atoms. The fourth-order valence-corrected chi connectivity index (χ4v) is 1.87. The standard InChI is InChI=1S/C15H24N4O6S/c1-15(2,3)25-14(22)18-10-26-9-12(16-4)11(8-20)19-24-7-6-17-13(21)23-5/h8-9H,4,6-7,10H2,1-3,5H3,(H,17,21)(H,18,22)/b12-9-,19-11+. The smallest absolute Gasteiger partial charge is 0.408 e. The van der Waals surface area contributed by atoms with Crippen LogP contribution in [0.1, 0.15) is 20.8 Å². The Bertz CT molecular complexity index is 557. The van der Waals surface area contributed by atoms with Crippen molar-refractivity contribution in [2.24, 2.45) is 10.1 Å². The summed E-state index contributed by atoms with van der Waals surface area (Å²) < 4.78 is 9.46. The number of oxime groups is 1. The largest absolute Gasteiger partial charge is 0.453 e. The zero-order valence-corrected chi connectivity index (χ0v) is 16.1. The lowest BCUT2D eigenvalue weighted by Gasteiger charge is -2.19. The average Bonchev–Trinajstić information content (AvgIpc) is 2.57. The van der Waals surface area contributed by atoms with E-state index in [0.717, 1.165) is 11.8 Å². The fraction of sp³-hybridized carbons (Fsp3) is 0.533. The number of hydrogen-bond donors (Lipinski definition) is 2. The van der Waals surface area contributed by atoms with Gasteiger partial charge in [-0.15, -0.1) is 11.8 Å². The van der Waals surface area contributed by atoms with E-state index in [-0.39, 0.29) is 30.4 Å². The van der Waals surface area contributed by atoms with Crippen LogP contribution in [-0.2, 0) is 19.1 Å². The molecule has 10 nitrogen and oxygen atoms in total. The maximum atomic E-state index is 11.5. The van der Waals surface area contributed by atoms with E-state index in [4.69, 9.17) is 9.57 Å². The van der Waals surface area contributed by atoms with Gasteiger partial charge in [-0.3, -0.25) is 9.79 Å². The van der Waals surface area contributed by atoms with Gasteiger partial charge in [-0.25, -0.2) is 9.59 Å². The molecular weight excluding hydrogens is 364 g/mol. The quantitative estimate of drug-likeness (QED) is 0.191. The number of amides is 2. The number of methoxy groups -OCH3 is 1. The first-order valence-corrected chi connectivity index (χ1v) is 8.51. The van der Waals surface area contributed by atoms with E-state index in [1.807, 2.05) is 0 Å². The Labute approximate surface area is 156 Å². The lowest BCUT2D eigenvalue weighted by molar-refractivity contribution is -0.102. The van der Waals surface area contributed by atoms with Crippen LogP contribution >= 0.6 is 11.8 Å². The minimum absolute atomic E-state index is 0.0319. The monoisotopic (exact) mass is 388 g/mol. The molecule has 0 fully saturated rings. The molecule has 0 saturated carbocycles. The van der Waals surface area contributed by atoms with E-state index < -0.39 is 17.8 Å². The SMILES string of the molecule is C=NC(=C\SCNC(=O)OC(C)(C)C)/C(C=O)=N/OCCNC(=O)OC. The van der Waals surface area contributed by atoms with Crippen LogP contribution in [0.3, 0.4) is 0 Å². The highest BCUT2D eigenvalue weighted by molar-refractivity contribution is 8.02. The summed E-state index contributed by atoms with van der Waals surface area (Å²) in [5.74, 6) is 0.198. The molecule has 0 aliphatic heterocycles. The van der Waals surface area contributed by atoms with Crippen molar-refractivity contribution in [3.63, 3.8) is 0 Å². The molecule has 0 atom stereocenters. The molecule has 0 unspecified atom stereocenters. The van der Waals surface area contributed by atoms with Gasteiger partial charge in [0.1, 0.15) is 17.9 Å². The number of nitrogens with one attached hydrogen (secondary N) is 2. The summed E-state index contributed by atoms with van der Waals surface area (Å²) in [5.41, 5.74) is -0.490. The summed E-state index contributed by atoms with van der Waals surface area (Å²) in [6.07, 6.45) is -0.705. The molecule has 146 valence electrons. The number of aldehydes is 1. The Morgan fingerprint density at radius 2 is 1.92 bits per heavy atom. The minimum Gasteiger partial charge on any atom is -0.453 e. The first-order valence-electron chi connectivity index (χ1n) is 7.46. The number of alkyl carbamates (subject to hydrolysis) is 2. The molecule has 0 bridgehead atoms. The van der Waals surface area contributed by atoms with Gasteiger partial charge in [-0.05, 0) is 27.5 Å². The Kier molecular flexibility index (Phi) is 11.5. The van der Waals surface area contributed by atoms with Gasteiger partial charge in [0.25, 0.3) is 0 Å². The number of rotatable bonds is 10. The van der Waals surface area contributed by atoms with Gasteiger partial charge in [0, 0.05) is 5.41 Å². The Morgan fingerprint density at radius 1 is 1.23 bits per heavy atom. The van der Waals surface area contributed by atoms with Crippen molar-refractivity contribution < 1.29 is 28.7 Å². The number of carbonyl (C=O) groups excluding carboxylic acids is 3. The molecular formula is C15H24N4O6S. The van der Waals surface area contributed by atoms with Crippen LogP contribution in [0, 0.1) is 0 Å². The molecule has 0 aliphatic carbocycles. The molecule has 0 heterocycles. The number of thioether (sulfide) groups is 1. The van der Waals surface area contributed by atoms with Crippen LogP contribution in [0.15, 0.2) is 21.3 Å². The maximum Gasteiger partial charge on any atom is 0.408 e. The number of carbonyl (C=O) groups is 3.